The molecule has 0 atom stereocenters. The highest BCUT2D eigenvalue weighted by Crippen LogP contribution is 2.37. The van der Waals surface area contributed by atoms with Gasteiger partial charge in [0.15, 0.2) is 5.13 Å². The first kappa shape index (κ1) is 19.5. The predicted molar refractivity (Wildman–Crippen MR) is 120 cm³/mol. The minimum absolute atomic E-state index is 0.140. The van der Waals surface area contributed by atoms with Crippen molar-refractivity contribution in [2.24, 2.45) is 0 Å². The van der Waals surface area contributed by atoms with Crippen molar-refractivity contribution < 1.29 is 9.53 Å². The van der Waals surface area contributed by atoms with Crippen molar-refractivity contribution in [2.75, 3.05) is 12.0 Å². The quantitative estimate of drug-likeness (QED) is 0.382. The zero-order valence-electron chi connectivity index (χ0n) is 15.9. The number of anilines is 1. The van der Waals surface area contributed by atoms with Crippen LogP contribution in [-0.4, -0.2) is 23.0 Å². The highest BCUT2D eigenvalue weighted by atomic mass is 79.9. The Balaban J connectivity index is 1.84. The van der Waals surface area contributed by atoms with E-state index in [1.54, 1.807) is 24.3 Å². The van der Waals surface area contributed by atoms with Gasteiger partial charge in [-0.25, -0.2) is 4.98 Å². The fraction of sp³-hybridized carbons (Fsp3) is 0.136. The molecule has 0 saturated carbocycles. The van der Waals surface area contributed by atoms with E-state index in [1.165, 1.54) is 11.3 Å². The van der Waals surface area contributed by atoms with Gasteiger partial charge in [-0.1, -0.05) is 35.6 Å². The van der Waals surface area contributed by atoms with Gasteiger partial charge in [0.05, 0.1) is 29.6 Å². The maximum Gasteiger partial charge on any atom is 0.261 e. The normalized spacial score (nSPS) is 10.9. The van der Waals surface area contributed by atoms with Crippen LogP contribution in [-0.2, 0) is 6.54 Å². The van der Waals surface area contributed by atoms with Gasteiger partial charge in [-0.15, -0.1) is 0 Å². The molecule has 0 saturated heterocycles. The van der Waals surface area contributed by atoms with Gasteiger partial charge in [-0.05, 0) is 58.7 Å². The second-order valence-electron chi connectivity index (χ2n) is 6.45. The number of carbonyl (C=O) groups excluding carboxylic acids is 1. The molecule has 0 radical (unpaired) electrons. The van der Waals surface area contributed by atoms with Crippen LogP contribution >= 0.6 is 27.3 Å². The molecule has 1 amide bonds. The van der Waals surface area contributed by atoms with Crippen LogP contribution in [0.4, 0.5) is 5.13 Å². The van der Waals surface area contributed by atoms with Crippen molar-refractivity contribution in [3.63, 3.8) is 0 Å². The van der Waals surface area contributed by atoms with E-state index in [0.717, 1.165) is 25.9 Å². The first-order valence-electron chi connectivity index (χ1n) is 8.99. The van der Waals surface area contributed by atoms with Gasteiger partial charge >= 0.3 is 0 Å². The zero-order chi connectivity index (χ0) is 20.4. The molecule has 2 aromatic heterocycles. The van der Waals surface area contributed by atoms with Crippen LogP contribution in [0.3, 0.4) is 0 Å². The maximum atomic E-state index is 13.5. The number of aromatic nitrogens is 2. The van der Waals surface area contributed by atoms with E-state index in [1.807, 2.05) is 55.5 Å². The van der Waals surface area contributed by atoms with Crippen molar-refractivity contribution in [1.29, 1.82) is 0 Å². The Morgan fingerprint density at radius 1 is 1.14 bits per heavy atom. The molecular formula is C22H18BrN3O2S. The van der Waals surface area contributed by atoms with Gasteiger partial charge < -0.3 is 4.74 Å². The summed E-state index contributed by atoms with van der Waals surface area (Å²) in [6, 6.07) is 17.0. The highest BCUT2D eigenvalue weighted by molar-refractivity contribution is 9.10. The van der Waals surface area contributed by atoms with Gasteiger partial charge in [0.2, 0.25) is 0 Å². The third-order valence-corrected chi connectivity index (χ3v) is 6.44. The molecule has 0 aliphatic heterocycles. The first-order chi connectivity index (χ1) is 14.1. The topological polar surface area (TPSA) is 55.3 Å². The fourth-order valence-electron chi connectivity index (χ4n) is 3.04. The summed E-state index contributed by atoms with van der Waals surface area (Å²) < 4.78 is 7.23. The number of rotatable bonds is 5. The van der Waals surface area contributed by atoms with Gasteiger partial charge in [0.25, 0.3) is 5.91 Å². The summed E-state index contributed by atoms with van der Waals surface area (Å²) in [7, 11) is 1.63. The number of aryl methyl sites for hydroxylation is 1. The van der Waals surface area contributed by atoms with E-state index in [0.29, 0.717) is 23.0 Å². The number of hydrogen-bond acceptors (Lipinski definition) is 5. The number of carbonyl (C=O) groups is 1. The molecule has 146 valence electrons. The Morgan fingerprint density at radius 3 is 2.66 bits per heavy atom. The predicted octanol–water partition coefficient (Wildman–Crippen LogP) is 5.62. The van der Waals surface area contributed by atoms with E-state index in [2.05, 4.69) is 20.9 Å². The monoisotopic (exact) mass is 467 g/mol. The summed E-state index contributed by atoms with van der Waals surface area (Å²) in [6.07, 6.45) is 1.72. The summed E-state index contributed by atoms with van der Waals surface area (Å²) in [5.41, 5.74) is 3.22. The molecule has 0 bridgehead atoms. The standard InChI is InChI=1S/C22H18BrN3O2S/c1-14-10-11-18(28-2)19-20(14)29-22(25-19)26(13-15-7-5-6-12-24-15)21(27)16-8-3-4-9-17(16)23/h3-12H,13H2,1-2H3. The fourth-order valence-corrected chi connectivity index (χ4v) is 4.54. The van der Waals surface area contributed by atoms with E-state index < -0.39 is 0 Å². The lowest BCUT2D eigenvalue weighted by Gasteiger charge is -2.20. The lowest BCUT2D eigenvalue weighted by Crippen LogP contribution is -2.31. The molecule has 0 fully saturated rings. The van der Waals surface area contributed by atoms with Crippen LogP contribution in [0.25, 0.3) is 10.2 Å². The Hall–Kier alpha value is -2.77. The number of benzene rings is 2. The molecule has 5 nitrogen and oxygen atoms in total. The lowest BCUT2D eigenvalue weighted by molar-refractivity contribution is 0.0984. The molecule has 0 spiro atoms. The minimum atomic E-state index is -0.140. The number of methoxy groups -OCH3 is 1. The number of thiazole rings is 1. The summed E-state index contributed by atoms with van der Waals surface area (Å²) in [6.45, 7) is 2.35. The van der Waals surface area contributed by atoms with Gasteiger partial charge in [0, 0.05) is 10.7 Å². The third-order valence-electron chi connectivity index (χ3n) is 4.54. The van der Waals surface area contributed by atoms with Crippen LogP contribution in [0.15, 0.2) is 65.3 Å². The number of nitrogens with zero attached hydrogens (tertiary/aromatic N) is 3. The van der Waals surface area contributed by atoms with Gasteiger partial charge in [-0.2, -0.15) is 0 Å². The average molecular weight is 468 g/mol. The van der Waals surface area contributed by atoms with Crippen LogP contribution in [0.1, 0.15) is 21.6 Å². The molecular weight excluding hydrogens is 450 g/mol. The van der Waals surface area contributed by atoms with Crippen molar-refractivity contribution in [2.45, 2.75) is 13.5 Å². The number of pyridine rings is 1. The second-order valence-corrected chi connectivity index (χ2v) is 8.28. The maximum absolute atomic E-state index is 13.5. The molecule has 0 aliphatic carbocycles. The zero-order valence-corrected chi connectivity index (χ0v) is 18.3. The second kappa shape index (κ2) is 8.31. The summed E-state index contributed by atoms with van der Waals surface area (Å²) in [4.78, 5) is 24.3. The smallest absolute Gasteiger partial charge is 0.261 e. The van der Waals surface area contributed by atoms with E-state index in [4.69, 9.17) is 9.72 Å². The molecule has 0 N–H and O–H groups in total. The van der Waals surface area contributed by atoms with Crippen molar-refractivity contribution in [3.05, 3.63) is 82.1 Å². The summed E-state index contributed by atoms with van der Waals surface area (Å²) in [5.74, 6) is 0.554. The van der Waals surface area contributed by atoms with E-state index >= 15 is 0 Å². The number of halogens is 1. The Morgan fingerprint density at radius 2 is 1.93 bits per heavy atom. The lowest BCUT2D eigenvalue weighted by atomic mass is 10.2. The van der Waals surface area contributed by atoms with Crippen molar-refractivity contribution in [1.82, 2.24) is 9.97 Å². The molecule has 4 aromatic rings. The van der Waals surface area contributed by atoms with Gasteiger partial charge in [0.1, 0.15) is 11.3 Å². The molecule has 4 rings (SSSR count). The molecule has 0 aliphatic rings. The summed E-state index contributed by atoms with van der Waals surface area (Å²) >= 11 is 4.97. The van der Waals surface area contributed by atoms with Crippen LogP contribution in [0.5, 0.6) is 5.75 Å². The minimum Gasteiger partial charge on any atom is -0.494 e. The van der Waals surface area contributed by atoms with Crippen molar-refractivity contribution >= 4 is 48.5 Å². The third kappa shape index (κ3) is 3.88. The van der Waals surface area contributed by atoms with Crippen LogP contribution in [0, 0.1) is 6.92 Å². The van der Waals surface area contributed by atoms with Crippen molar-refractivity contribution in [3.8, 4) is 5.75 Å². The molecule has 7 heteroatoms. The van der Waals surface area contributed by atoms with Gasteiger partial charge in [-0.3, -0.25) is 14.7 Å². The number of amides is 1. The number of fused-ring (bicyclic) bond motifs is 1. The van der Waals surface area contributed by atoms with E-state index in [-0.39, 0.29) is 5.91 Å². The Bertz CT molecular complexity index is 1180. The first-order valence-corrected chi connectivity index (χ1v) is 10.6. The molecule has 29 heavy (non-hydrogen) atoms. The molecule has 2 heterocycles. The summed E-state index contributed by atoms with van der Waals surface area (Å²) in [5, 5.41) is 0.610. The Labute approximate surface area is 181 Å². The highest BCUT2D eigenvalue weighted by Gasteiger charge is 2.24. The van der Waals surface area contributed by atoms with Crippen LogP contribution < -0.4 is 9.64 Å². The number of hydrogen-bond donors (Lipinski definition) is 0. The van der Waals surface area contributed by atoms with E-state index in [9.17, 15) is 4.79 Å². The van der Waals surface area contributed by atoms with Crippen LogP contribution in [0.2, 0.25) is 0 Å². The number of ether oxygens (including phenoxy) is 1. The largest absolute Gasteiger partial charge is 0.494 e. The average Bonchev–Trinajstić information content (AvgIpc) is 3.19. The SMILES string of the molecule is COc1ccc(C)c2sc(N(Cc3ccccn3)C(=O)c3ccccc3Br)nc12. The molecule has 0 unspecified atom stereocenters. The Kier molecular flexibility index (Phi) is 5.60. The molecule has 2 aromatic carbocycles.